The van der Waals surface area contributed by atoms with Crippen molar-refractivity contribution in [2.75, 3.05) is 6.61 Å². The average Bonchev–Trinajstić information content (AvgIpc) is 2.74. The summed E-state index contributed by atoms with van der Waals surface area (Å²) in [5.74, 6) is 0.594. The lowest BCUT2D eigenvalue weighted by Crippen LogP contribution is -2.28. The number of aromatic nitrogens is 2. The van der Waals surface area contributed by atoms with Crippen molar-refractivity contribution in [3.63, 3.8) is 0 Å². The lowest BCUT2D eigenvalue weighted by Gasteiger charge is -2.09. The fraction of sp³-hybridized carbons (Fsp3) is 0.333. The van der Waals surface area contributed by atoms with Gasteiger partial charge in [0.15, 0.2) is 6.61 Å². The van der Waals surface area contributed by atoms with Crippen LogP contribution in [0.2, 0.25) is 0 Å². The van der Waals surface area contributed by atoms with Crippen LogP contribution < -0.4 is 10.1 Å². The number of ether oxygens (including phenoxy) is 1. The molecule has 0 fully saturated rings. The Bertz CT molecular complexity index is 605. The summed E-state index contributed by atoms with van der Waals surface area (Å²) >= 11 is 0. The molecule has 2 aromatic rings. The van der Waals surface area contributed by atoms with Crippen LogP contribution >= 0.6 is 0 Å². The third-order valence-electron chi connectivity index (χ3n) is 3.04. The lowest BCUT2D eigenvalue weighted by atomic mass is 10.2. The zero-order chi connectivity index (χ0) is 14.5. The maximum absolute atomic E-state index is 11.8. The number of para-hydroxylation sites is 1. The molecule has 0 atom stereocenters. The van der Waals surface area contributed by atoms with Crippen molar-refractivity contribution >= 4 is 5.91 Å². The van der Waals surface area contributed by atoms with Crippen LogP contribution in [0.15, 0.2) is 30.5 Å². The molecule has 1 amide bonds. The zero-order valence-electron chi connectivity index (χ0n) is 12.0. The maximum atomic E-state index is 11.8. The van der Waals surface area contributed by atoms with Crippen LogP contribution in [0.25, 0.3) is 0 Å². The summed E-state index contributed by atoms with van der Waals surface area (Å²) in [5.41, 5.74) is 2.95. The first kappa shape index (κ1) is 14.1. The smallest absolute Gasteiger partial charge is 0.258 e. The highest BCUT2D eigenvalue weighted by Gasteiger charge is 2.07. The van der Waals surface area contributed by atoms with Crippen LogP contribution in [0.3, 0.4) is 0 Å². The summed E-state index contributed by atoms with van der Waals surface area (Å²) < 4.78 is 7.23. The van der Waals surface area contributed by atoms with Crippen molar-refractivity contribution in [2.24, 2.45) is 7.05 Å². The van der Waals surface area contributed by atoms with E-state index in [1.807, 2.05) is 51.4 Å². The molecule has 1 N–H and O–H groups in total. The number of aryl methyl sites for hydroxylation is 3. The van der Waals surface area contributed by atoms with Crippen LogP contribution in [0.4, 0.5) is 0 Å². The van der Waals surface area contributed by atoms with Gasteiger partial charge in [-0.25, -0.2) is 0 Å². The molecule has 1 aromatic heterocycles. The molecular weight excluding hydrogens is 254 g/mol. The first-order chi connectivity index (χ1) is 9.56. The summed E-state index contributed by atoms with van der Waals surface area (Å²) in [7, 11) is 1.86. The van der Waals surface area contributed by atoms with Crippen LogP contribution in [0.5, 0.6) is 5.75 Å². The molecule has 0 spiro atoms. The molecule has 0 saturated carbocycles. The first-order valence-electron chi connectivity index (χ1n) is 6.50. The van der Waals surface area contributed by atoms with E-state index in [0.717, 1.165) is 22.6 Å². The van der Waals surface area contributed by atoms with Gasteiger partial charge in [-0.2, -0.15) is 5.10 Å². The molecule has 2 rings (SSSR count). The molecule has 106 valence electrons. The summed E-state index contributed by atoms with van der Waals surface area (Å²) in [5, 5.41) is 7.05. The highest BCUT2D eigenvalue weighted by atomic mass is 16.5. The summed E-state index contributed by atoms with van der Waals surface area (Å²) in [6.07, 6.45) is 1.90. The largest absolute Gasteiger partial charge is 0.484 e. The van der Waals surface area contributed by atoms with Crippen molar-refractivity contribution in [3.05, 3.63) is 47.3 Å². The SMILES string of the molecule is Cc1ccccc1OCC(=O)NCc1cn(C)nc1C. The molecule has 0 aliphatic rings. The van der Waals surface area contributed by atoms with Gasteiger partial charge in [-0.1, -0.05) is 18.2 Å². The quantitative estimate of drug-likeness (QED) is 0.902. The molecule has 1 aromatic carbocycles. The summed E-state index contributed by atoms with van der Waals surface area (Å²) in [6.45, 7) is 4.36. The monoisotopic (exact) mass is 273 g/mol. The third-order valence-corrected chi connectivity index (χ3v) is 3.04. The number of hydrogen-bond donors (Lipinski definition) is 1. The Labute approximate surface area is 118 Å². The van der Waals surface area contributed by atoms with Crippen LogP contribution in [-0.4, -0.2) is 22.3 Å². The Kier molecular flexibility index (Phi) is 4.40. The molecule has 0 aliphatic heterocycles. The Morgan fingerprint density at radius 2 is 2.10 bits per heavy atom. The number of hydrogen-bond acceptors (Lipinski definition) is 3. The number of carbonyl (C=O) groups is 1. The normalized spacial score (nSPS) is 10.3. The zero-order valence-corrected chi connectivity index (χ0v) is 12.0. The molecule has 1 heterocycles. The van der Waals surface area contributed by atoms with Gasteiger partial charge in [0.1, 0.15) is 5.75 Å². The predicted molar refractivity (Wildman–Crippen MR) is 76.5 cm³/mol. The van der Waals surface area contributed by atoms with E-state index in [9.17, 15) is 4.79 Å². The molecule has 20 heavy (non-hydrogen) atoms. The van der Waals surface area contributed by atoms with E-state index >= 15 is 0 Å². The number of benzene rings is 1. The predicted octanol–water partition coefficient (Wildman–Crippen LogP) is 1.73. The van der Waals surface area contributed by atoms with Crippen LogP contribution in [0.1, 0.15) is 16.8 Å². The van der Waals surface area contributed by atoms with E-state index in [1.54, 1.807) is 4.68 Å². The van der Waals surface area contributed by atoms with Gasteiger partial charge >= 0.3 is 0 Å². The molecule has 0 unspecified atom stereocenters. The van der Waals surface area contributed by atoms with Gasteiger partial charge in [0.2, 0.25) is 0 Å². The second kappa shape index (κ2) is 6.23. The Morgan fingerprint density at radius 1 is 1.35 bits per heavy atom. The molecule has 0 bridgehead atoms. The van der Waals surface area contributed by atoms with Gasteiger partial charge in [0.25, 0.3) is 5.91 Å². The maximum Gasteiger partial charge on any atom is 0.258 e. The van der Waals surface area contributed by atoms with Gasteiger partial charge in [0.05, 0.1) is 5.69 Å². The van der Waals surface area contributed by atoms with Gasteiger partial charge in [-0.05, 0) is 25.5 Å². The molecule has 0 aliphatic carbocycles. The minimum Gasteiger partial charge on any atom is -0.484 e. The van der Waals surface area contributed by atoms with Crippen LogP contribution in [-0.2, 0) is 18.4 Å². The van der Waals surface area contributed by atoms with Gasteiger partial charge in [0, 0.05) is 25.4 Å². The van der Waals surface area contributed by atoms with Crippen molar-refractivity contribution in [1.82, 2.24) is 15.1 Å². The fourth-order valence-corrected chi connectivity index (χ4v) is 1.93. The number of rotatable bonds is 5. The Hall–Kier alpha value is -2.30. The number of carbonyl (C=O) groups excluding carboxylic acids is 1. The van der Waals surface area contributed by atoms with E-state index in [1.165, 1.54) is 0 Å². The van der Waals surface area contributed by atoms with Gasteiger partial charge in [-0.15, -0.1) is 0 Å². The van der Waals surface area contributed by atoms with Crippen molar-refractivity contribution < 1.29 is 9.53 Å². The fourth-order valence-electron chi connectivity index (χ4n) is 1.93. The number of nitrogens with zero attached hydrogens (tertiary/aromatic N) is 2. The highest BCUT2D eigenvalue weighted by Crippen LogP contribution is 2.15. The van der Waals surface area contributed by atoms with Crippen molar-refractivity contribution in [3.8, 4) is 5.75 Å². The summed E-state index contributed by atoms with van der Waals surface area (Å²) in [6, 6.07) is 7.63. The first-order valence-corrected chi connectivity index (χ1v) is 6.50. The summed E-state index contributed by atoms with van der Waals surface area (Å²) in [4.78, 5) is 11.8. The minimum absolute atomic E-state index is 0.0180. The minimum atomic E-state index is -0.142. The number of amides is 1. The van der Waals surface area contributed by atoms with E-state index in [0.29, 0.717) is 6.54 Å². The topological polar surface area (TPSA) is 56.1 Å². The van der Waals surface area contributed by atoms with E-state index in [4.69, 9.17) is 4.74 Å². The number of nitrogens with one attached hydrogen (secondary N) is 1. The third kappa shape index (κ3) is 3.60. The van der Waals surface area contributed by atoms with E-state index < -0.39 is 0 Å². The van der Waals surface area contributed by atoms with Crippen molar-refractivity contribution in [2.45, 2.75) is 20.4 Å². The molecule has 5 heteroatoms. The standard InChI is InChI=1S/C15H19N3O2/c1-11-6-4-5-7-14(11)20-10-15(19)16-8-13-9-18(3)17-12(13)2/h4-7,9H,8,10H2,1-3H3,(H,16,19). The lowest BCUT2D eigenvalue weighted by molar-refractivity contribution is -0.123. The van der Waals surface area contributed by atoms with E-state index in [-0.39, 0.29) is 12.5 Å². The van der Waals surface area contributed by atoms with Gasteiger partial charge in [-0.3, -0.25) is 9.48 Å². The average molecular weight is 273 g/mol. The Balaban J connectivity index is 1.82. The van der Waals surface area contributed by atoms with Crippen LogP contribution in [0, 0.1) is 13.8 Å². The molecular formula is C15H19N3O2. The second-order valence-corrected chi connectivity index (χ2v) is 4.74. The second-order valence-electron chi connectivity index (χ2n) is 4.74. The van der Waals surface area contributed by atoms with Gasteiger partial charge < -0.3 is 10.1 Å². The highest BCUT2D eigenvalue weighted by molar-refractivity contribution is 5.77. The molecule has 5 nitrogen and oxygen atoms in total. The molecule has 0 radical (unpaired) electrons. The Morgan fingerprint density at radius 3 is 2.75 bits per heavy atom. The van der Waals surface area contributed by atoms with Crippen molar-refractivity contribution in [1.29, 1.82) is 0 Å². The molecule has 0 saturated heterocycles. The van der Waals surface area contributed by atoms with E-state index in [2.05, 4.69) is 10.4 Å².